The molecule has 0 bridgehead atoms. The topological polar surface area (TPSA) is 104 Å². The minimum Gasteiger partial charge on any atom is -0.394 e. The second-order valence-corrected chi connectivity index (χ2v) is 4.35. The van der Waals surface area contributed by atoms with Gasteiger partial charge in [-0.2, -0.15) is 0 Å². The Hall–Kier alpha value is -1.89. The first-order valence-electron chi connectivity index (χ1n) is 5.62. The fraction of sp³-hybridized carbons (Fsp3) is 0.545. The molecule has 100 valence electrons. The summed E-state index contributed by atoms with van der Waals surface area (Å²) in [5.74, 6) is -0.447. The van der Waals surface area contributed by atoms with Crippen LogP contribution in [-0.4, -0.2) is 32.9 Å². The smallest absolute Gasteiger partial charge is 0.265 e. The molecule has 7 heteroatoms. The maximum Gasteiger partial charge on any atom is 0.265 e. The summed E-state index contributed by atoms with van der Waals surface area (Å²) >= 11 is 0. The lowest BCUT2D eigenvalue weighted by Crippen LogP contribution is -2.50. The predicted octanol–water partition coefficient (Wildman–Crippen LogP) is -1.19. The Morgan fingerprint density at radius 3 is 2.72 bits per heavy atom. The van der Waals surface area contributed by atoms with Gasteiger partial charge in [0, 0.05) is 12.1 Å². The number of carbonyl (C=O) groups is 1. The number of carbonyl (C=O) groups excluding carboxylic acids is 1. The molecular weight excluding hydrogens is 238 g/mol. The first-order chi connectivity index (χ1) is 8.40. The second-order valence-electron chi connectivity index (χ2n) is 4.35. The summed E-state index contributed by atoms with van der Waals surface area (Å²) in [5.41, 5.74) is -1.65. The van der Waals surface area contributed by atoms with Crippen LogP contribution in [0.2, 0.25) is 0 Å². The number of aromatic nitrogens is 2. The Morgan fingerprint density at radius 2 is 2.17 bits per heavy atom. The van der Waals surface area contributed by atoms with Gasteiger partial charge < -0.3 is 10.4 Å². The molecule has 1 aromatic heterocycles. The molecule has 0 saturated heterocycles. The summed E-state index contributed by atoms with van der Waals surface area (Å²) < 4.78 is 0.922. The fourth-order valence-corrected chi connectivity index (χ4v) is 1.34. The van der Waals surface area contributed by atoms with Crippen LogP contribution in [0.3, 0.4) is 0 Å². The van der Waals surface area contributed by atoms with E-state index in [0.29, 0.717) is 6.42 Å². The van der Waals surface area contributed by atoms with Gasteiger partial charge in [-0.15, -0.1) is 0 Å². The Kier molecular flexibility index (Phi) is 4.43. The van der Waals surface area contributed by atoms with Crippen LogP contribution in [0.5, 0.6) is 0 Å². The van der Waals surface area contributed by atoms with E-state index in [1.54, 1.807) is 6.92 Å². The van der Waals surface area contributed by atoms with E-state index in [1.165, 1.54) is 0 Å². The molecule has 1 aromatic rings. The van der Waals surface area contributed by atoms with Crippen LogP contribution in [0.15, 0.2) is 21.7 Å². The monoisotopic (exact) mass is 255 g/mol. The first kappa shape index (κ1) is 14.2. The average molecular weight is 255 g/mol. The molecule has 0 aliphatic rings. The zero-order valence-electron chi connectivity index (χ0n) is 10.4. The molecule has 0 radical (unpaired) electrons. The van der Waals surface area contributed by atoms with Crippen molar-refractivity contribution in [2.24, 2.45) is 0 Å². The number of nitrogens with zero attached hydrogens (tertiary/aromatic N) is 1. The summed E-state index contributed by atoms with van der Waals surface area (Å²) in [7, 11) is 0. The van der Waals surface area contributed by atoms with E-state index in [-0.39, 0.29) is 13.2 Å². The van der Waals surface area contributed by atoms with Gasteiger partial charge in [-0.25, -0.2) is 4.68 Å². The van der Waals surface area contributed by atoms with Crippen molar-refractivity contribution in [1.82, 2.24) is 15.1 Å². The highest BCUT2D eigenvalue weighted by Crippen LogP contribution is 2.06. The van der Waals surface area contributed by atoms with Crippen LogP contribution in [0.1, 0.15) is 20.3 Å². The van der Waals surface area contributed by atoms with Gasteiger partial charge in [0.25, 0.3) is 11.1 Å². The molecule has 0 saturated carbocycles. The van der Waals surface area contributed by atoms with Gasteiger partial charge in [0.15, 0.2) is 0 Å². The van der Waals surface area contributed by atoms with E-state index in [4.69, 9.17) is 5.11 Å². The fourth-order valence-electron chi connectivity index (χ4n) is 1.34. The Bertz CT molecular complexity index is 528. The molecule has 1 atom stereocenters. The number of aromatic amines is 1. The quantitative estimate of drug-likeness (QED) is 0.615. The molecule has 0 aliphatic carbocycles. The maximum atomic E-state index is 11.7. The molecule has 7 nitrogen and oxygen atoms in total. The van der Waals surface area contributed by atoms with Gasteiger partial charge in [-0.05, 0) is 13.3 Å². The SMILES string of the molecule is CCC(C)(CO)NC(=O)Cn1[nH]c(=O)ccc1=O. The molecule has 0 aliphatic heterocycles. The number of rotatable bonds is 5. The van der Waals surface area contributed by atoms with Gasteiger partial charge in [0.2, 0.25) is 5.91 Å². The minimum atomic E-state index is -0.726. The van der Waals surface area contributed by atoms with Gasteiger partial charge in [0.1, 0.15) is 6.54 Å². The standard InChI is InChI=1S/C11H17N3O4/c1-3-11(2,7-15)12-9(17)6-14-10(18)5-4-8(16)13-14/h4-5,15H,3,6-7H2,1-2H3,(H,12,17)(H,13,16). The largest absolute Gasteiger partial charge is 0.394 e. The van der Waals surface area contributed by atoms with Crippen molar-refractivity contribution in [3.63, 3.8) is 0 Å². The van der Waals surface area contributed by atoms with Crippen molar-refractivity contribution in [3.05, 3.63) is 32.8 Å². The molecule has 1 heterocycles. The van der Waals surface area contributed by atoms with Crippen molar-refractivity contribution in [2.75, 3.05) is 6.61 Å². The molecule has 3 N–H and O–H groups in total. The molecular formula is C11H17N3O4. The van der Waals surface area contributed by atoms with E-state index in [9.17, 15) is 14.4 Å². The first-order valence-corrected chi connectivity index (χ1v) is 5.62. The van der Waals surface area contributed by atoms with Crippen molar-refractivity contribution in [2.45, 2.75) is 32.4 Å². The van der Waals surface area contributed by atoms with Crippen LogP contribution in [0.25, 0.3) is 0 Å². The van der Waals surface area contributed by atoms with Gasteiger partial charge in [0.05, 0.1) is 12.1 Å². The molecule has 1 amide bonds. The highest BCUT2D eigenvalue weighted by Gasteiger charge is 2.23. The van der Waals surface area contributed by atoms with Crippen LogP contribution in [0, 0.1) is 0 Å². The molecule has 1 rings (SSSR count). The summed E-state index contributed by atoms with van der Waals surface area (Å²) in [6, 6.07) is 2.19. The summed E-state index contributed by atoms with van der Waals surface area (Å²) in [6.07, 6.45) is 0.551. The predicted molar refractivity (Wildman–Crippen MR) is 65.2 cm³/mol. The lowest BCUT2D eigenvalue weighted by Gasteiger charge is -2.27. The molecule has 0 spiro atoms. The van der Waals surface area contributed by atoms with Crippen LogP contribution in [0.4, 0.5) is 0 Å². The van der Waals surface area contributed by atoms with Crippen LogP contribution >= 0.6 is 0 Å². The number of nitrogens with one attached hydrogen (secondary N) is 2. The highest BCUT2D eigenvalue weighted by molar-refractivity contribution is 5.76. The Morgan fingerprint density at radius 1 is 1.50 bits per heavy atom. The van der Waals surface area contributed by atoms with E-state index < -0.39 is 22.6 Å². The highest BCUT2D eigenvalue weighted by atomic mass is 16.3. The molecule has 0 fully saturated rings. The Balaban J connectivity index is 2.79. The van der Waals surface area contributed by atoms with Crippen LogP contribution in [-0.2, 0) is 11.3 Å². The average Bonchev–Trinajstić information content (AvgIpc) is 2.33. The third kappa shape index (κ3) is 3.56. The zero-order chi connectivity index (χ0) is 13.8. The van der Waals surface area contributed by atoms with Crippen molar-refractivity contribution < 1.29 is 9.90 Å². The zero-order valence-corrected chi connectivity index (χ0v) is 10.4. The summed E-state index contributed by atoms with van der Waals surface area (Å²) in [5, 5.41) is 14.0. The van der Waals surface area contributed by atoms with Crippen molar-refractivity contribution in [3.8, 4) is 0 Å². The van der Waals surface area contributed by atoms with Gasteiger partial charge in [-0.1, -0.05) is 6.92 Å². The third-order valence-electron chi connectivity index (χ3n) is 2.76. The third-order valence-corrected chi connectivity index (χ3v) is 2.76. The lowest BCUT2D eigenvalue weighted by atomic mass is 10.0. The van der Waals surface area contributed by atoms with Gasteiger partial charge in [-0.3, -0.25) is 19.5 Å². The lowest BCUT2D eigenvalue weighted by molar-refractivity contribution is -0.124. The number of hydrogen-bond acceptors (Lipinski definition) is 4. The number of hydrogen-bond donors (Lipinski definition) is 3. The maximum absolute atomic E-state index is 11.7. The second kappa shape index (κ2) is 5.63. The summed E-state index contributed by atoms with van der Waals surface area (Å²) in [6.45, 7) is 3.04. The number of aliphatic hydroxyl groups excluding tert-OH is 1. The van der Waals surface area contributed by atoms with Gasteiger partial charge >= 0.3 is 0 Å². The normalized spacial score (nSPS) is 13.9. The molecule has 0 aromatic carbocycles. The van der Waals surface area contributed by atoms with E-state index in [1.807, 2.05) is 6.92 Å². The van der Waals surface area contributed by atoms with Crippen molar-refractivity contribution >= 4 is 5.91 Å². The van der Waals surface area contributed by atoms with E-state index >= 15 is 0 Å². The van der Waals surface area contributed by atoms with Crippen LogP contribution < -0.4 is 16.4 Å². The van der Waals surface area contributed by atoms with Crippen molar-refractivity contribution in [1.29, 1.82) is 0 Å². The number of amides is 1. The molecule has 18 heavy (non-hydrogen) atoms. The summed E-state index contributed by atoms with van der Waals surface area (Å²) in [4.78, 5) is 34.1. The van der Waals surface area contributed by atoms with E-state index in [2.05, 4.69) is 10.4 Å². The number of H-pyrrole nitrogens is 1. The minimum absolute atomic E-state index is 0.199. The van der Waals surface area contributed by atoms with E-state index in [0.717, 1.165) is 16.8 Å². The Labute approximate surface area is 103 Å². The molecule has 1 unspecified atom stereocenters. The number of aliphatic hydroxyl groups is 1.